The Bertz CT molecular complexity index is 353. The van der Waals surface area contributed by atoms with Crippen LogP contribution in [0.15, 0.2) is 12.1 Å². The van der Waals surface area contributed by atoms with Gasteiger partial charge in [0, 0.05) is 18.2 Å². The third-order valence-electron chi connectivity index (χ3n) is 2.10. The number of benzene rings is 1. The molecule has 0 amide bonds. The fourth-order valence-corrected chi connectivity index (χ4v) is 1.34. The molecule has 5 heteroatoms. The zero-order chi connectivity index (χ0) is 10.1. The van der Waals surface area contributed by atoms with Gasteiger partial charge in [-0.15, -0.1) is 0 Å². The lowest BCUT2D eigenvalue weighted by Gasteiger charge is -2.10. The van der Waals surface area contributed by atoms with Crippen molar-refractivity contribution < 1.29 is 19.7 Å². The second-order valence-electron chi connectivity index (χ2n) is 3.02. The third kappa shape index (κ3) is 1.36. The maximum atomic E-state index is 9.53. The molecule has 1 heterocycles. The van der Waals surface area contributed by atoms with Gasteiger partial charge in [-0.1, -0.05) is 0 Å². The molecule has 1 aromatic rings. The van der Waals surface area contributed by atoms with Crippen molar-refractivity contribution in [2.75, 3.05) is 13.3 Å². The number of nitrogens with two attached hydrogens (primary N) is 1. The minimum atomic E-state index is -0.885. The highest BCUT2D eigenvalue weighted by molar-refractivity contribution is 5.51. The van der Waals surface area contributed by atoms with Crippen LogP contribution < -0.4 is 15.2 Å². The molecule has 0 spiro atoms. The van der Waals surface area contributed by atoms with Crippen molar-refractivity contribution in [2.24, 2.45) is 5.73 Å². The third-order valence-corrected chi connectivity index (χ3v) is 2.10. The molecule has 76 valence electrons. The minimum absolute atomic E-state index is 0.0350. The van der Waals surface area contributed by atoms with Crippen molar-refractivity contribution in [3.63, 3.8) is 0 Å². The van der Waals surface area contributed by atoms with Gasteiger partial charge in [-0.2, -0.15) is 0 Å². The average molecular weight is 197 g/mol. The monoisotopic (exact) mass is 197 g/mol. The Labute approximate surface area is 80.7 Å². The number of ether oxygens (including phenoxy) is 2. The summed E-state index contributed by atoms with van der Waals surface area (Å²) in [6, 6.07) is 2.95. The van der Waals surface area contributed by atoms with Gasteiger partial charge in [0.1, 0.15) is 5.75 Å². The molecular weight excluding hydrogens is 186 g/mol. The van der Waals surface area contributed by atoms with E-state index in [0.29, 0.717) is 17.1 Å². The lowest BCUT2D eigenvalue weighted by molar-refractivity contribution is 0.172. The maximum Gasteiger partial charge on any atom is 0.231 e. The molecule has 4 N–H and O–H groups in total. The smallest absolute Gasteiger partial charge is 0.231 e. The topological polar surface area (TPSA) is 84.9 Å². The first kappa shape index (κ1) is 9.11. The number of hydrogen-bond acceptors (Lipinski definition) is 5. The Morgan fingerprint density at radius 1 is 1.36 bits per heavy atom. The summed E-state index contributed by atoms with van der Waals surface area (Å²) in [6.45, 7) is 0.185. The van der Waals surface area contributed by atoms with Gasteiger partial charge in [-0.3, -0.25) is 0 Å². The first-order valence-electron chi connectivity index (χ1n) is 4.23. The fourth-order valence-electron chi connectivity index (χ4n) is 1.34. The van der Waals surface area contributed by atoms with Crippen LogP contribution in [0.4, 0.5) is 0 Å². The van der Waals surface area contributed by atoms with E-state index in [1.54, 1.807) is 0 Å². The first-order chi connectivity index (χ1) is 6.72. The lowest BCUT2D eigenvalue weighted by atomic mass is 10.1. The van der Waals surface area contributed by atoms with Crippen LogP contribution >= 0.6 is 0 Å². The Balaban J connectivity index is 2.42. The van der Waals surface area contributed by atoms with E-state index in [4.69, 9.17) is 15.2 Å². The van der Waals surface area contributed by atoms with Crippen LogP contribution in [0, 0.1) is 0 Å². The quantitative estimate of drug-likeness (QED) is 0.626. The molecule has 0 fully saturated rings. The summed E-state index contributed by atoms with van der Waals surface area (Å²) >= 11 is 0. The first-order valence-corrected chi connectivity index (χ1v) is 4.23. The Morgan fingerprint density at radius 3 is 2.64 bits per heavy atom. The van der Waals surface area contributed by atoms with Crippen molar-refractivity contribution >= 4 is 0 Å². The van der Waals surface area contributed by atoms with Crippen molar-refractivity contribution in [3.05, 3.63) is 17.7 Å². The fraction of sp³-hybridized carbons (Fsp3) is 0.333. The summed E-state index contributed by atoms with van der Waals surface area (Å²) < 4.78 is 10.2. The molecule has 0 saturated heterocycles. The highest BCUT2D eigenvalue weighted by Gasteiger charge is 2.19. The number of fused-ring (bicyclic) bond motifs is 1. The van der Waals surface area contributed by atoms with Crippen LogP contribution in [0.25, 0.3) is 0 Å². The Kier molecular flexibility index (Phi) is 2.18. The van der Waals surface area contributed by atoms with Gasteiger partial charge < -0.3 is 25.4 Å². The second kappa shape index (κ2) is 3.36. The van der Waals surface area contributed by atoms with Crippen molar-refractivity contribution in [1.82, 2.24) is 0 Å². The van der Waals surface area contributed by atoms with E-state index in [-0.39, 0.29) is 19.1 Å². The van der Waals surface area contributed by atoms with Crippen LogP contribution in [0.3, 0.4) is 0 Å². The van der Waals surface area contributed by atoms with E-state index >= 15 is 0 Å². The normalized spacial score (nSPS) is 15.6. The van der Waals surface area contributed by atoms with Crippen LogP contribution in [0.2, 0.25) is 0 Å². The average Bonchev–Trinajstić information content (AvgIpc) is 2.62. The van der Waals surface area contributed by atoms with Gasteiger partial charge in [-0.25, -0.2) is 0 Å². The van der Waals surface area contributed by atoms with Crippen molar-refractivity contribution in [1.29, 1.82) is 0 Å². The molecule has 0 saturated carbocycles. The predicted octanol–water partition coefficient (Wildman–Crippen LogP) is 0.113. The number of phenols is 1. The van der Waals surface area contributed by atoms with Crippen molar-refractivity contribution in [3.8, 4) is 17.2 Å². The molecule has 2 rings (SSSR count). The summed E-state index contributed by atoms with van der Waals surface area (Å²) in [6.07, 6.45) is -0.885. The highest BCUT2D eigenvalue weighted by atomic mass is 16.7. The van der Waals surface area contributed by atoms with Gasteiger partial charge >= 0.3 is 0 Å². The zero-order valence-corrected chi connectivity index (χ0v) is 7.43. The largest absolute Gasteiger partial charge is 0.507 e. The molecule has 14 heavy (non-hydrogen) atoms. The predicted molar refractivity (Wildman–Crippen MR) is 48.2 cm³/mol. The van der Waals surface area contributed by atoms with Crippen LogP contribution in [0.1, 0.15) is 11.7 Å². The SMILES string of the molecule is NCC(O)c1cc2c(cc1O)OCO2. The van der Waals surface area contributed by atoms with Gasteiger partial charge in [0.25, 0.3) is 0 Å². The van der Waals surface area contributed by atoms with Gasteiger partial charge in [-0.05, 0) is 6.07 Å². The summed E-state index contributed by atoms with van der Waals surface area (Å²) in [7, 11) is 0. The summed E-state index contributed by atoms with van der Waals surface area (Å²) in [4.78, 5) is 0. The molecule has 1 unspecified atom stereocenters. The molecule has 0 bridgehead atoms. The van der Waals surface area contributed by atoms with Gasteiger partial charge in [0.15, 0.2) is 11.5 Å². The Morgan fingerprint density at radius 2 is 2.00 bits per heavy atom. The Hall–Kier alpha value is -1.46. The standard InChI is InChI=1S/C9H11NO4/c10-3-7(12)5-1-8-9(2-6(5)11)14-4-13-8/h1-2,7,11-12H,3-4,10H2. The number of hydrogen-bond donors (Lipinski definition) is 3. The van der Waals surface area contributed by atoms with Crippen LogP contribution in [0.5, 0.6) is 17.2 Å². The van der Waals surface area contributed by atoms with Gasteiger partial charge in [0.2, 0.25) is 6.79 Å². The van der Waals surface area contributed by atoms with E-state index < -0.39 is 6.10 Å². The van der Waals surface area contributed by atoms with Crippen LogP contribution in [-0.4, -0.2) is 23.6 Å². The number of aliphatic hydroxyl groups is 1. The number of aliphatic hydroxyl groups excluding tert-OH is 1. The number of phenolic OH excluding ortho intramolecular Hbond substituents is 1. The minimum Gasteiger partial charge on any atom is -0.507 e. The molecule has 1 aromatic carbocycles. The molecule has 0 radical (unpaired) electrons. The molecule has 0 aromatic heterocycles. The van der Waals surface area contributed by atoms with Crippen LogP contribution in [-0.2, 0) is 0 Å². The van der Waals surface area contributed by atoms with Crippen molar-refractivity contribution in [2.45, 2.75) is 6.10 Å². The highest BCUT2D eigenvalue weighted by Crippen LogP contribution is 2.39. The maximum absolute atomic E-state index is 9.53. The lowest BCUT2D eigenvalue weighted by Crippen LogP contribution is -2.11. The van der Waals surface area contributed by atoms with E-state index in [1.807, 2.05) is 0 Å². The molecule has 1 aliphatic rings. The summed E-state index contributed by atoms with van der Waals surface area (Å²) in [5, 5.41) is 19.0. The van der Waals surface area contributed by atoms with E-state index in [1.165, 1.54) is 12.1 Å². The summed E-state index contributed by atoms with van der Waals surface area (Å²) in [5.74, 6) is 0.966. The molecule has 1 aliphatic heterocycles. The van der Waals surface area contributed by atoms with Gasteiger partial charge in [0.05, 0.1) is 6.10 Å². The van der Waals surface area contributed by atoms with E-state index in [2.05, 4.69) is 0 Å². The molecule has 0 aliphatic carbocycles. The summed E-state index contributed by atoms with van der Waals surface area (Å²) in [5.41, 5.74) is 5.64. The molecule has 5 nitrogen and oxygen atoms in total. The number of rotatable bonds is 2. The molecular formula is C9H11NO4. The van der Waals surface area contributed by atoms with E-state index in [9.17, 15) is 10.2 Å². The second-order valence-corrected chi connectivity index (χ2v) is 3.02. The molecule has 1 atom stereocenters. The number of aromatic hydroxyl groups is 1. The zero-order valence-electron chi connectivity index (χ0n) is 7.43. The van der Waals surface area contributed by atoms with E-state index in [0.717, 1.165) is 0 Å².